The summed E-state index contributed by atoms with van der Waals surface area (Å²) in [7, 11) is -0.277. The predicted octanol–water partition coefficient (Wildman–Crippen LogP) is 5.55. The number of benzene rings is 3. The first-order valence-electron chi connectivity index (χ1n) is 13.6. The summed E-state index contributed by atoms with van der Waals surface area (Å²) in [6.45, 7) is 6.27. The second kappa shape index (κ2) is 14.4. The molecule has 1 unspecified atom stereocenters. The van der Waals surface area contributed by atoms with Crippen LogP contribution in [0.4, 0.5) is 5.69 Å². The highest BCUT2D eigenvalue weighted by Crippen LogP contribution is 2.37. The molecular weight excluding hydrogens is 629 g/mol. The lowest BCUT2D eigenvalue weighted by Crippen LogP contribution is -2.54. The third-order valence-corrected chi connectivity index (χ3v) is 8.96. The van der Waals surface area contributed by atoms with E-state index in [0.29, 0.717) is 16.3 Å². The Kier molecular flexibility index (Phi) is 11.4. The zero-order chi connectivity index (χ0) is 32.8. The summed E-state index contributed by atoms with van der Waals surface area (Å²) in [5, 5.41) is 3.49. The SMILES string of the molecule is COc1ccc(S(=O)(=O)N(CC(=O)N(Cc2ccccc2Cl)C(C)C(=O)NC(C)(C)C)c2cc(Cl)ccc2OC)cc1OC. The third kappa shape index (κ3) is 8.28. The molecule has 0 radical (unpaired) electrons. The van der Waals surface area contributed by atoms with E-state index in [-0.39, 0.29) is 33.6 Å². The fourth-order valence-corrected chi connectivity index (χ4v) is 6.14. The number of ether oxygens (including phenoxy) is 3. The molecule has 0 aliphatic rings. The van der Waals surface area contributed by atoms with Gasteiger partial charge in [-0.2, -0.15) is 0 Å². The molecule has 0 spiro atoms. The highest BCUT2D eigenvalue weighted by Gasteiger charge is 2.35. The lowest BCUT2D eigenvalue weighted by Gasteiger charge is -2.34. The van der Waals surface area contributed by atoms with Gasteiger partial charge in [-0.25, -0.2) is 8.42 Å². The van der Waals surface area contributed by atoms with Crippen LogP contribution in [0.2, 0.25) is 10.0 Å². The number of sulfonamides is 1. The van der Waals surface area contributed by atoms with Crippen LogP contribution in [0.1, 0.15) is 33.3 Å². The van der Waals surface area contributed by atoms with E-state index >= 15 is 0 Å². The van der Waals surface area contributed by atoms with Gasteiger partial charge >= 0.3 is 0 Å². The summed E-state index contributed by atoms with van der Waals surface area (Å²) in [6, 6.07) is 14.4. The van der Waals surface area contributed by atoms with Crippen LogP contribution in [0.25, 0.3) is 0 Å². The van der Waals surface area contributed by atoms with Gasteiger partial charge in [-0.05, 0) is 69.7 Å². The van der Waals surface area contributed by atoms with Crippen molar-refractivity contribution in [2.24, 2.45) is 0 Å². The summed E-state index contributed by atoms with van der Waals surface area (Å²) in [5.74, 6) is -0.452. The Labute approximate surface area is 268 Å². The molecule has 0 saturated heterocycles. The molecule has 3 aromatic carbocycles. The van der Waals surface area contributed by atoms with E-state index in [4.69, 9.17) is 37.4 Å². The molecule has 0 saturated carbocycles. The first kappa shape index (κ1) is 34.8. The molecular formula is C31H37Cl2N3O7S. The fourth-order valence-electron chi connectivity index (χ4n) is 4.34. The average Bonchev–Trinajstić information content (AvgIpc) is 2.97. The monoisotopic (exact) mass is 665 g/mol. The second-order valence-electron chi connectivity index (χ2n) is 10.9. The number of nitrogens with one attached hydrogen (secondary N) is 1. The number of nitrogens with zero attached hydrogens (tertiary/aromatic N) is 2. The molecule has 238 valence electrons. The van der Waals surface area contributed by atoms with E-state index in [1.807, 2.05) is 20.8 Å². The van der Waals surface area contributed by atoms with Crippen LogP contribution in [-0.2, 0) is 26.2 Å². The van der Waals surface area contributed by atoms with Gasteiger partial charge in [-0.1, -0.05) is 41.4 Å². The van der Waals surface area contributed by atoms with E-state index < -0.39 is 40.0 Å². The Bertz CT molecular complexity index is 1610. The van der Waals surface area contributed by atoms with Crippen molar-refractivity contribution in [2.75, 3.05) is 32.2 Å². The smallest absolute Gasteiger partial charge is 0.265 e. The quantitative estimate of drug-likeness (QED) is 0.270. The van der Waals surface area contributed by atoms with Crippen molar-refractivity contribution in [2.45, 2.75) is 50.7 Å². The number of rotatable bonds is 12. The highest BCUT2D eigenvalue weighted by molar-refractivity contribution is 7.92. The zero-order valence-electron chi connectivity index (χ0n) is 25.7. The van der Waals surface area contributed by atoms with Gasteiger partial charge in [-0.3, -0.25) is 13.9 Å². The van der Waals surface area contributed by atoms with E-state index in [1.54, 1.807) is 31.2 Å². The minimum absolute atomic E-state index is 0.0209. The maximum atomic E-state index is 14.3. The van der Waals surface area contributed by atoms with E-state index in [2.05, 4.69) is 5.32 Å². The van der Waals surface area contributed by atoms with Crippen LogP contribution in [-0.4, -0.2) is 64.6 Å². The Balaban J connectivity index is 2.17. The summed E-state index contributed by atoms with van der Waals surface area (Å²) >= 11 is 12.7. The Morgan fingerprint density at radius 3 is 2.09 bits per heavy atom. The van der Waals surface area contributed by atoms with Gasteiger partial charge in [0.1, 0.15) is 18.3 Å². The van der Waals surface area contributed by atoms with Gasteiger partial charge in [0.15, 0.2) is 11.5 Å². The molecule has 13 heteroatoms. The molecule has 1 N–H and O–H groups in total. The normalized spacial score (nSPS) is 12.2. The van der Waals surface area contributed by atoms with Crippen molar-refractivity contribution in [3.8, 4) is 17.2 Å². The van der Waals surface area contributed by atoms with Crippen LogP contribution in [0.15, 0.2) is 65.6 Å². The molecule has 44 heavy (non-hydrogen) atoms. The number of methoxy groups -OCH3 is 3. The van der Waals surface area contributed by atoms with Crippen molar-refractivity contribution in [1.82, 2.24) is 10.2 Å². The fraction of sp³-hybridized carbons (Fsp3) is 0.355. The molecule has 1 atom stereocenters. The van der Waals surface area contributed by atoms with Crippen molar-refractivity contribution in [3.63, 3.8) is 0 Å². The number of hydrogen-bond donors (Lipinski definition) is 1. The average molecular weight is 667 g/mol. The van der Waals surface area contributed by atoms with Crippen LogP contribution in [0.5, 0.6) is 17.2 Å². The molecule has 0 heterocycles. The zero-order valence-corrected chi connectivity index (χ0v) is 28.0. The maximum absolute atomic E-state index is 14.3. The molecule has 0 aromatic heterocycles. The number of amides is 2. The van der Waals surface area contributed by atoms with Crippen molar-refractivity contribution >= 4 is 50.7 Å². The summed E-state index contributed by atoms with van der Waals surface area (Å²) in [5.41, 5.74) is 0.0155. The number of carbonyl (C=O) groups is 2. The largest absolute Gasteiger partial charge is 0.495 e. The lowest BCUT2D eigenvalue weighted by molar-refractivity contribution is -0.140. The van der Waals surface area contributed by atoms with E-state index in [9.17, 15) is 18.0 Å². The van der Waals surface area contributed by atoms with Crippen LogP contribution in [0, 0.1) is 0 Å². The minimum atomic E-state index is -4.46. The van der Waals surface area contributed by atoms with Crippen LogP contribution in [0.3, 0.4) is 0 Å². The third-order valence-electron chi connectivity index (χ3n) is 6.60. The molecule has 0 aliphatic carbocycles. The molecule has 2 amide bonds. The molecule has 3 aromatic rings. The Morgan fingerprint density at radius 2 is 1.50 bits per heavy atom. The van der Waals surface area contributed by atoms with E-state index in [0.717, 1.165) is 4.31 Å². The molecule has 10 nitrogen and oxygen atoms in total. The number of halogens is 2. The highest BCUT2D eigenvalue weighted by atomic mass is 35.5. The van der Waals surface area contributed by atoms with Crippen LogP contribution >= 0.6 is 23.2 Å². The molecule has 3 rings (SSSR count). The van der Waals surface area contributed by atoms with Gasteiger partial charge in [0, 0.05) is 28.2 Å². The standard InChI is InChI=1S/C31H37Cl2N3O7S/c1-20(30(38)34-31(2,3)4)35(18-21-10-8-9-11-24(21)33)29(37)19-36(25-16-22(32)12-14-26(25)41-5)44(39,40)23-13-15-27(42-6)28(17-23)43-7/h8-17,20H,18-19H2,1-7H3,(H,34,38). The number of anilines is 1. The summed E-state index contributed by atoms with van der Waals surface area (Å²) in [6.07, 6.45) is 0. The topological polar surface area (TPSA) is 114 Å². The maximum Gasteiger partial charge on any atom is 0.265 e. The number of carbonyl (C=O) groups excluding carboxylic acids is 2. The summed E-state index contributed by atoms with van der Waals surface area (Å²) in [4.78, 5) is 28.6. The Morgan fingerprint density at radius 1 is 0.886 bits per heavy atom. The molecule has 0 aliphatic heterocycles. The minimum Gasteiger partial charge on any atom is -0.495 e. The number of hydrogen-bond acceptors (Lipinski definition) is 7. The first-order chi connectivity index (χ1) is 20.6. The van der Waals surface area contributed by atoms with E-state index in [1.165, 1.54) is 62.6 Å². The van der Waals surface area contributed by atoms with Gasteiger partial charge in [0.25, 0.3) is 10.0 Å². The van der Waals surface area contributed by atoms with Gasteiger partial charge in [-0.15, -0.1) is 0 Å². The molecule has 0 bridgehead atoms. The van der Waals surface area contributed by atoms with Crippen molar-refractivity contribution in [1.29, 1.82) is 0 Å². The first-order valence-corrected chi connectivity index (χ1v) is 15.8. The van der Waals surface area contributed by atoms with Crippen LogP contribution < -0.4 is 23.8 Å². The van der Waals surface area contributed by atoms with Crippen molar-refractivity contribution in [3.05, 3.63) is 76.3 Å². The Hall–Kier alpha value is -3.67. The van der Waals surface area contributed by atoms with Crippen molar-refractivity contribution < 1.29 is 32.2 Å². The lowest BCUT2D eigenvalue weighted by atomic mass is 10.1. The molecule has 0 fully saturated rings. The predicted molar refractivity (Wildman–Crippen MR) is 171 cm³/mol. The summed E-state index contributed by atoms with van der Waals surface area (Å²) < 4.78 is 45.6. The van der Waals surface area contributed by atoms with Gasteiger partial charge in [0.2, 0.25) is 11.8 Å². The second-order valence-corrected chi connectivity index (χ2v) is 13.6. The van der Waals surface area contributed by atoms with Gasteiger partial charge < -0.3 is 24.4 Å². The van der Waals surface area contributed by atoms with Gasteiger partial charge in [0.05, 0.1) is 31.9 Å².